The van der Waals surface area contributed by atoms with E-state index < -0.39 is 0 Å². The lowest BCUT2D eigenvalue weighted by Gasteiger charge is -2.49. The standard InChI is InChI=1S/C18H28N2S/c19-13-18(9-1-3-15(11-18)14-5-6-14)20(16-7-8-16)12-17-4-2-10-21-17/h2,4,10,14-16H,1,3,5-9,11-13,19H2. The molecule has 21 heavy (non-hydrogen) atoms. The summed E-state index contributed by atoms with van der Waals surface area (Å²) in [6, 6.07) is 5.30. The first-order valence-electron chi connectivity index (χ1n) is 8.80. The average molecular weight is 305 g/mol. The number of nitrogens with two attached hydrogens (primary N) is 1. The van der Waals surface area contributed by atoms with Crippen LogP contribution >= 0.6 is 11.3 Å². The van der Waals surface area contributed by atoms with E-state index in [4.69, 9.17) is 5.73 Å². The van der Waals surface area contributed by atoms with Crippen molar-refractivity contribution in [2.75, 3.05) is 6.54 Å². The van der Waals surface area contributed by atoms with E-state index in [-0.39, 0.29) is 0 Å². The first-order chi connectivity index (χ1) is 10.3. The van der Waals surface area contributed by atoms with Gasteiger partial charge in [-0.05, 0) is 61.8 Å². The Morgan fingerprint density at radius 1 is 1.19 bits per heavy atom. The second-order valence-corrected chi connectivity index (χ2v) is 8.59. The average Bonchev–Trinajstić information content (AvgIpc) is 3.44. The number of hydrogen-bond acceptors (Lipinski definition) is 3. The van der Waals surface area contributed by atoms with Crippen molar-refractivity contribution in [1.29, 1.82) is 0 Å². The molecule has 116 valence electrons. The summed E-state index contributed by atoms with van der Waals surface area (Å²) in [7, 11) is 0. The third-order valence-electron chi connectivity index (χ3n) is 6.03. The predicted octanol–water partition coefficient (Wildman–Crippen LogP) is 4.01. The molecule has 0 saturated heterocycles. The minimum Gasteiger partial charge on any atom is -0.329 e. The molecule has 1 aromatic heterocycles. The van der Waals surface area contributed by atoms with Crippen molar-refractivity contribution in [3.8, 4) is 0 Å². The van der Waals surface area contributed by atoms with E-state index in [0.29, 0.717) is 5.54 Å². The van der Waals surface area contributed by atoms with E-state index in [1.54, 1.807) is 0 Å². The smallest absolute Gasteiger partial charge is 0.0341 e. The Morgan fingerprint density at radius 2 is 2.05 bits per heavy atom. The number of hydrogen-bond donors (Lipinski definition) is 1. The number of rotatable bonds is 6. The van der Waals surface area contributed by atoms with Crippen molar-refractivity contribution in [2.45, 2.75) is 69.5 Å². The number of thiophene rings is 1. The van der Waals surface area contributed by atoms with E-state index in [9.17, 15) is 0 Å². The van der Waals surface area contributed by atoms with Gasteiger partial charge < -0.3 is 5.73 Å². The Hall–Kier alpha value is -0.380. The molecule has 2 atom stereocenters. The highest BCUT2D eigenvalue weighted by molar-refractivity contribution is 7.09. The van der Waals surface area contributed by atoms with E-state index in [2.05, 4.69) is 22.4 Å². The van der Waals surface area contributed by atoms with Crippen LogP contribution in [0.4, 0.5) is 0 Å². The van der Waals surface area contributed by atoms with Crippen LogP contribution in [0, 0.1) is 11.8 Å². The van der Waals surface area contributed by atoms with Gasteiger partial charge in [-0.2, -0.15) is 0 Å². The van der Waals surface area contributed by atoms with Gasteiger partial charge in [-0.3, -0.25) is 4.90 Å². The molecular weight excluding hydrogens is 276 g/mol. The molecule has 1 heterocycles. The maximum absolute atomic E-state index is 6.38. The zero-order valence-corrected chi connectivity index (χ0v) is 13.8. The fourth-order valence-electron chi connectivity index (χ4n) is 4.56. The Bertz CT molecular complexity index is 464. The molecule has 2 unspecified atom stereocenters. The molecule has 4 rings (SSSR count). The van der Waals surface area contributed by atoms with Crippen LogP contribution in [0.3, 0.4) is 0 Å². The minimum absolute atomic E-state index is 0.302. The van der Waals surface area contributed by atoms with Crippen molar-refractivity contribution < 1.29 is 0 Å². The first-order valence-corrected chi connectivity index (χ1v) is 9.68. The summed E-state index contributed by atoms with van der Waals surface area (Å²) in [5.74, 6) is 2.01. The molecule has 3 aliphatic carbocycles. The fraction of sp³-hybridized carbons (Fsp3) is 0.778. The maximum Gasteiger partial charge on any atom is 0.0341 e. The van der Waals surface area contributed by atoms with Crippen LogP contribution in [0.15, 0.2) is 17.5 Å². The molecule has 0 amide bonds. The van der Waals surface area contributed by atoms with Gasteiger partial charge in [0.15, 0.2) is 0 Å². The molecule has 2 N–H and O–H groups in total. The predicted molar refractivity (Wildman–Crippen MR) is 89.4 cm³/mol. The van der Waals surface area contributed by atoms with Gasteiger partial charge in [0.25, 0.3) is 0 Å². The highest BCUT2D eigenvalue weighted by atomic mass is 32.1. The largest absolute Gasteiger partial charge is 0.329 e. The molecule has 3 heteroatoms. The summed E-state index contributed by atoms with van der Waals surface area (Å²) in [5, 5.41) is 2.21. The summed E-state index contributed by atoms with van der Waals surface area (Å²) in [4.78, 5) is 4.34. The highest BCUT2D eigenvalue weighted by Gasteiger charge is 2.48. The molecule has 3 saturated carbocycles. The zero-order valence-electron chi connectivity index (χ0n) is 13.0. The van der Waals surface area contributed by atoms with E-state index in [1.807, 2.05) is 11.3 Å². The molecular formula is C18H28N2S. The van der Waals surface area contributed by atoms with Crippen molar-refractivity contribution in [3.63, 3.8) is 0 Å². The summed E-state index contributed by atoms with van der Waals surface area (Å²) in [5.41, 5.74) is 6.68. The quantitative estimate of drug-likeness (QED) is 0.860. The van der Waals surface area contributed by atoms with Crippen molar-refractivity contribution in [3.05, 3.63) is 22.4 Å². The zero-order chi connectivity index (χ0) is 14.3. The van der Waals surface area contributed by atoms with Gasteiger partial charge in [0.2, 0.25) is 0 Å². The lowest BCUT2D eigenvalue weighted by molar-refractivity contribution is 0.0182. The summed E-state index contributed by atoms with van der Waals surface area (Å²) >= 11 is 1.91. The van der Waals surface area contributed by atoms with Gasteiger partial charge in [0, 0.05) is 29.5 Å². The second kappa shape index (κ2) is 5.68. The maximum atomic E-state index is 6.38. The minimum atomic E-state index is 0.302. The summed E-state index contributed by atoms with van der Waals surface area (Å²) in [6.07, 6.45) is 11.3. The molecule has 3 fully saturated rings. The topological polar surface area (TPSA) is 29.3 Å². The van der Waals surface area contributed by atoms with Crippen molar-refractivity contribution in [1.82, 2.24) is 4.90 Å². The summed E-state index contributed by atoms with van der Waals surface area (Å²) in [6.45, 7) is 2.00. The highest BCUT2D eigenvalue weighted by Crippen LogP contribution is 2.50. The molecule has 0 aliphatic heterocycles. The van der Waals surface area contributed by atoms with Crippen LogP contribution in [-0.4, -0.2) is 23.0 Å². The van der Waals surface area contributed by atoms with Crippen LogP contribution in [0.5, 0.6) is 0 Å². The SMILES string of the molecule is NCC1(N(Cc2cccs2)C2CC2)CCCC(C2CC2)C1. The molecule has 2 nitrogen and oxygen atoms in total. The lowest BCUT2D eigenvalue weighted by Crippen LogP contribution is -2.57. The Labute approximate surface area is 132 Å². The Kier molecular flexibility index (Phi) is 3.85. The molecule has 0 radical (unpaired) electrons. The van der Waals surface area contributed by atoms with Gasteiger partial charge in [-0.25, -0.2) is 0 Å². The normalized spacial score (nSPS) is 33.5. The molecule has 3 aliphatic rings. The monoisotopic (exact) mass is 304 g/mol. The van der Waals surface area contributed by atoms with Gasteiger partial charge in [-0.15, -0.1) is 11.3 Å². The first kappa shape index (κ1) is 14.2. The van der Waals surface area contributed by atoms with Crippen molar-refractivity contribution in [2.24, 2.45) is 17.6 Å². The van der Waals surface area contributed by atoms with E-state index in [1.165, 1.54) is 56.2 Å². The van der Waals surface area contributed by atoms with Gasteiger partial charge in [0.05, 0.1) is 0 Å². The summed E-state index contributed by atoms with van der Waals surface area (Å²) < 4.78 is 0. The number of nitrogens with zero attached hydrogens (tertiary/aromatic N) is 1. The molecule has 0 spiro atoms. The Balaban J connectivity index is 1.55. The van der Waals surface area contributed by atoms with Gasteiger partial charge in [0.1, 0.15) is 0 Å². The molecule has 0 aromatic carbocycles. The van der Waals surface area contributed by atoms with Crippen LogP contribution < -0.4 is 5.73 Å². The van der Waals surface area contributed by atoms with Crippen LogP contribution in [0.2, 0.25) is 0 Å². The van der Waals surface area contributed by atoms with Crippen LogP contribution in [0.25, 0.3) is 0 Å². The van der Waals surface area contributed by atoms with Gasteiger partial charge >= 0.3 is 0 Å². The lowest BCUT2D eigenvalue weighted by atomic mass is 9.72. The third-order valence-corrected chi connectivity index (χ3v) is 6.89. The van der Waals surface area contributed by atoms with Gasteiger partial charge in [-0.1, -0.05) is 18.9 Å². The van der Waals surface area contributed by atoms with Crippen molar-refractivity contribution >= 4 is 11.3 Å². The van der Waals surface area contributed by atoms with E-state index >= 15 is 0 Å². The van der Waals surface area contributed by atoms with E-state index in [0.717, 1.165) is 31.0 Å². The second-order valence-electron chi connectivity index (χ2n) is 7.56. The molecule has 0 bridgehead atoms. The Morgan fingerprint density at radius 3 is 2.67 bits per heavy atom. The van der Waals surface area contributed by atoms with Crippen LogP contribution in [-0.2, 0) is 6.54 Å². The van der Waals surface area contributed by atoms with Crippen LogP contribution in [0.1, 0.15) is 56.2 Å². The third kappa shape index (κ3) is 2.93. The fourth-order valence-corrected chi connectivity index (χ4v) is 5.26. The molecule has 1 aromatic rings.